The zero-order chi connectivity index (χ0) is 45.9. The van der Waals surface area contributed by atoms with Crippen molar-refractivity contribution in [3.05, 3.63) is 59.7 Å². The number of esters is 4. The van der Waals surface area contributed by atoms with Gasteiger partial charge in [-0.2, -0.15) is 0 Å². The fourth-order valence-corrected chi connectivity index (χ4v) is 10.7. The van der Waals surface area contributed by atoms with Crippen LogP contribution in [0.15, 0.2) is 54.1 Å². The van der Waals surface area contributed by atoms with E-state index in [2.05, 4.69) is 11.9 Å². The molecule has 5 aliphatic rings. The van der Waals surface area contributed by atoms with E-state index in [1.54, 1.807) is 71.9 Å². The lowest BCUT2D eigenvalue weighted by Gasteiger charge is -2.71. The summed E-state index contributed by atoms with van der Waals surface area (Å²) in [7, 11) is 0. The molecule has 0 spiro atoms. The molecule has 3 N–H and O–H groups in total. The second-order valence-electron chi connectivity index (χ2n) is 19.5. The fraction of sp³-hybridized carbons (Fsp3) is 0.674. The van der Waals surface area contributed by atoms with Gasteiger partial charge in [0.15, 0.2) is 24.1 Å². The van der Waals surface area contributed by atoms with Crippen molar-refractivity contribution in [2.24, 2.45) is 22.7 Å². The maximum atomic E-state index is 14.4. The van der Waals surface area contributed by atoms with E-state index < -0.39 is 125 Å². The molecule has 2 heterocycles. The van der Waals surface area contributed by atoms with Crippen LogP contribution in [-0.4, -0.2) is 119 Å². The van der Waals surface area contributed by atoms with Gasteiger partial charge >= 0.3 is 30.0 Å². The highest BCUT2D eigenvalue weighted by molar-refractivity contribution is 5.89. The number of hydrogen-bond acceptors (Lipinski definition) is 15. The van der Waals surface area contributed by atoms with Crippen molar-refractivity contribution in [1.82, 2.24) is 5.32 Å². The van der Waals surface area contributed by atoms with E-state index in [4.69, 9.17) is 37.9 Å². The Balaban J connectivity index is 1.57. The third-order valence-corrected chi connectivity index (χ3v) is 13.4. The quantitative estimate of drug-likeness (QED) is 0.154. The van der Waals surface area contributed by atoms with E-state index in [1.165, 1.54) is 19.9 Å². The molecule has 13 atom stereocenters. The predicted octanol–water partition coefficient (Wildman–Crippen LogP) is 4.87. The number of hydrogen-bond donors (Lipinski definition) is 3. The Kier molecular flexibility index (Phi) is 12.9. The summed E-state index contributed by atoms with van der Waals surface area (Å²) in [6, 6.07) is 7.04. The summed E-state index contributed by atoms with van der Waals surface area (Å²) < 4.78 is 50.2. The molecule has 4 fully saturated rings. The first kappa shape index (κ1) is 47.1. The van der Waals surface area contributed by atoms with E-state index >= 15 is 0 Å². The lowest BCUT2D eigenvalue weighted by molar-refractivity contribution is -0.405. The van der Waals surface area contributed by atoms with Crippen LogP contribution in [0.5, 0.6) is 0 Å². The van der Waals surface area contributed by atoms with Gasteiger partial charge in [-0.25, -0.2) is 14.4 Å². The SMILES string of the molecule is C=CC1O[C@H]2C[C@H]3OC[C@@]3(OC(C)=O)C3C(OC(=O)c4ccccc4)[C@]4(O)CC(OC(=O)C(O)C(CC(C)C)NC(=O)OC(C)(C)C)C(C)=C([C@@H](OC(C)=O)[C@H](O1)[C@@]32C)C4(C)C. The van der Waals surface area contributed by atoms with Gasteiger partial charge in [0.1, 0.15) is 35.6 Å². The molecule has 0 radical (unpaired) electrons. The van der Waals surface area contributed by atoms with Gasteiger partial charge in [-0.15, -0.1) is 0 Å². The average molecular weight is 870 g/mol. The van der Waals surface area contributed by atoms with Crippen molar-refractivity contribution in [1.29, 1.82) is 0 Å². The maximum Gasteiger partial charge on any atom is 0.407 e. The highest BCUT2D eigenvalue weighted by Gasteiger charge is 2.79. The number of aliphatic hydroxyl groups excluding tert-OH is 1. The summed E-state index contributed by atoms with van der Waals surface area (Å²) in [5.41, 5.74) is -6.65. The monoisotopic (exact) mass is 869 g/mol. The minimum Gasteiger partial charge on any atom is -0.456 e. The Morgan fingerprint density at radius 3 is 2.19 bits per heavy atom. The number of ether oxygens (including phenoxy) is 8. The molecule has 1 aromatic carbocycles. The molecule has 342 valence electrons. The summed E-state index contributed by atoms with van der Waals surface area (Å²) >= 11 is 0. The van der Waals surface area contributed by atoms with Crippen LogP contribution in [0.4, 0.5) is 4.79 Å². The molecule has 6 unspecified atom stereocenters. The van der Waals surface area contributed by atoms with Gasteiger partial charge in [-0.05, 0) is 69.4 Å². The molecule has 2 saturated carbocycles. The first-order valence-corrected chi connectivity index (χ1v) is 21.3. The van der Waals surface area contributed by atoms with Gasteiger partial charge < -0.3 is 53.4 Å². The molecule has 6 rings (SSSR count). The number of benzene rings is 1. The van der Waals surface area contributed by atoms with Crippen molar-refractivity contribution >= 4 is 30.0 Å². The standard InChI is InChI=1S/C46H63NO15/c1-13-32-58-30-20-31-45(22-55-31,61-26(6)49)36-38(60-39(51)27-17-15-14-16-18-27)46(54)21-29(57-40(52)34(50)28(19-23(2)3)47-41(53)62-42(7,8)9)24(4)33(43(46,10)11)35(56-25(5)48)37(59-32)44(30,36)12/h13-18,23,28-32,34-38,50,54H,1,19-22H2,2-12H3,(H,47,53)/t28?,29?,30-,31+,32?,34?,35+,36?,37-,38?,44+,45-,46+/m0/s1. The number of aliphatic hydroxyl groups is 2. The number of fused-ring (bicyclic) bond motifs is 4. The largest absolute Gasteiger partial charge is 0.456 e. The van der Waals surface area contributed by atoms with Crippen molar-refractivity contribution in [3.8, 4) is 0 Å². The number of amides is 1. The van der Waals surface area contributed by atoms with Gasteiger partial charge in [0.05, 0.1) is 30.2 Å². The highest BCUT2D eigenvalue weighted by atomic mass is 16.7. The van der Waals surface area contributed by atoms with Crippen LogP contribution in [0.3, 0.4) is 0 Å². The van der Waals surface area contributed by atoms with Crippen LogP contribution in [0.2, 0.25) is 0 Å². The maximum absolute atomic E-state index is 14.4. The summed E-state index contributed by atoms with van der Waals surface area (Å²) in [6.45, 7) is 21.9. The van der Waals surface area contributed by atoms with Gasteiger partial charge in [0.25, 0.3) is 0 Å². The van der Waals surface area contributed by atoms with Crippen LogP contribution < -0.4 is 5.32 Å². The van der Waals surface area contributed by atoms with Crippen LogP contribution >= 0.6 is 0 Å². The molecule has 2 bridgehead atoms. The van der Waals surface area contributed by atoms with Gasteiger partial charge in [-0.3, -0.25) is 9.59 Å². The first-order valence-electron chi connectivity index (χ1n) is 21.3. The third-order valence-electron chi connectivity index (χ3n) is 13.4. The van der Waals surface area contributed by atoms with Crippen LogP contribution in [-0.2, 0) is 52.3 Å². The summed E-state index contributed by atoms with van der Waals surface area (Å²) in [4.78, 5) is 68.1. The first-order chi connectivity index (χ1) is 28.8. The van der Waals surface area contributed by atoms with E-state index in [0.717, 1.165) is 0 Å². The van der Waals surface area contributed by atoms with Gasteiger partial charge in [0.2, 0.25) is 0 Å². The lowest BCUT2D eigenvalue weighted by Crippen LogP contribution is -2.83. The molecule has 2 aliphatic heterocycles. The van der Waals surface area contributed by atoms with Crippen LogP contribution in [0, 0.1) is 22.7 Å². The molecule has 62 heavy (non-hydrogen) atoms. The zero-order valence-electron chi connectivity index (χ0n) is 37.6. The van der Waals surface area contributed by atoms with Crippen LogP contribution in [0.1, 0.15) is 106 Å². The summed E-state index contributed by atoms with van der Waals surface area (Å²) in [5, 5.41) is 28.1. The van der Waals surface area contributed by atoms with Crippen molar-refractivity contribution in [3.63, 3.8) is 0 Å². The molecular weight excluding hydrogens is 806 g/mol. The lowest BCUT2D eigenvalue weighted by atomic mass is 9.44. The second kappa shape index (κ2) is 17.0. The minimum absolute atomic E-state index is 0.0926. The fourth-order valence-electron chi connectivity index (χ4n) is 10.7. The van der Waals surface area contributed by atoms with Crippen molar-refractivity contribution in [2.45, 2.75) is 167 Å². The molecular formula is C46H63NO15. The number of carbonyl (C=O) groups excluding carboxylic acids is 5. The van der Waals surface area contributed by atoms with Gasteiger partial charge in [-0.1, -0.05) is 59.4 Å². The molecule has 1 aromatic rings. The molecule has 16 nitrogen and oxygen atoms in total. The molecule has 1 amide bonds. The summed E-state index contributed by atoms with van der Waals surface area (Å²) in [6.07, 6.45) is -9.36. The zero-order valence-corrected chi connectivity index (χ0v) is 37.6. The molecule has 0 aromatic heterocycles. The Morgan fingerprint density at radius 2 is 1.65 bits per heavy atom. The number of carbonyl (C=O) groups is 5. The van der Waals surface area contributed by atoms with Crippen molar-refractivity contribution in [2.75, 3.05) is 6.61 Å². The molecule has 3 aliphatic carbocycles. The second-order valence-corrected chi connectivity index (χ2v) is 19.5. The normalized spacial score (nSPS) is 35.5. The van der Waals surface area contributed by atoms with E-state index in [0.29, 0.717) is 11.1 Å². The highest BCUT2D eigenvalue weighted by Crippen LogP contribution is 2.67. The number of rotatable bonds is 11. The Labute approximate surface area is 362 Å². The number of alkyl carbamates (subject to hydrolysis) is 1. The predicted molar refractivity (Wildman–Crippen MR) is 220 cm³/mol. The van der Waals surface area contributed by atoms with E-state index in [-0.39, 0.29) is 30.9 Å². The van der Waals surface area contributed by atoms with E-state index in [9.17, 15) is 34.2 Å². The molecule has 2 saturated heterocycles. The Hall–Kier alpha value is -4.35. The average Bonchev–Trinajstić information content (AvgIpc) is 3.15. The minimum atomic E-state index is -2.23. The topological polar surface area (TPSA) is 212 Å². The third kappa shape index (κ3) is 8.28. The van der Waals surface area contributed by atoms with Gasteiger partial charge in [0, 0.05) is 37.5 Å². The Morgan fingerprint density at radius 1 is 0.984 bits per heavy atom. The Bertz CT molecular complexity index is 1960. The van der Waals surface area contributed by atoms with Crippen LogP contribution in [0.25, 0.3) is 0 Å². The summed E-state index contributed by atoms with van der Waals surface area (Å²) in [5.74, 6) is -4.57. The van der Waals surface area contributed by atoms with Crippen molar-refractivity contribution < 1.29 is 72.1 Å². The van der Waals surface area contributed by atoms with E-state index in [1.807, 2.05) is 20.8 Å². The smallest absolute Gasteiger partial charge is 0.407 e. The number of nitrogens with one attached hydrogen (secondary N) is 1. The molecule has 16 heteroatoms.